The van der Waals surface area contributed by atoms with Crippen molar-refractivity contribution in [2.24, 2.45) is 5.92 Å². The first-order valence-corrected chi connectivity index (χ1v) is 8.63. The van der Waals surface area contributed by atoms with E-state index in [0.29, 0.717) is 12.3 Å². The van der Waals surface area contributed by atoms with Crippen molar-refractivity contribution in [2.45, 2.75) is 36.6 Å². The zero-order valence-corrected chi connectivity index (χ0v) is 12.8. The summed E-state index contributed by atoms with van der Waals surface area (Å²) < 4.78 is 13.4. The van der Waals surface area contributed by atoms with Crippen LogP contribution < -0.4 is 10.6 Å². The van der Waals surface area contributed by atoms with Gasteiger partial charge in [0.2, 0.25) is 5.91 Å². The predicted molar refractivity (Wildman–Crippen MR) is 82.8 cm³/mol. The summed E-state index contributed by atoms with van der Waals surface area (Å²) >= 11 is 1.74. The summed E-state index contributed by atoms with van der Waals surface area (Å²) in [6, 6.07) is 4.83. The fourth-order valence-corrected chi connectivity index (χ4v) is 4.18. The van der Waals surface area contributed by atoms with Crippen LogP contribution in [0.5, 0.6) is 0 Å². The summed E-state index contributed by atoms with van der Waals surface area (Å²) in [4.78, 5) is 13.2. The molecule has 0 aliphatic carbocycles. The molecule has 3 nitrogen and oxygen atoms in total. The SMILES string of the molecule is O=C(CCC1CCNC1)NC1CCSc2ccc(F)cc21. The fourth-order valence-electron chi connectivity index (χ4n) is 3.08. The second-order valence-electron chi connectivity index (χ2n) is 5.84. The van der Waals surface area contributed by atoms with Crippen LogP contribution in [0.25, 0.3) is 0 Å². The summed E-state index contributed by atoms with van der Waals surface area (Å²) in [5, 5.41) is 6.41. The molecule has 0 bridgehead atoms. The molecule has 1 aromatic rings. The number of rotatable bonds is 4. The Morgan fingerprint density at radius 2 is 2.33 bits per heavy atom. The van der Waals surface area contributed by atoms with E-state index < -0.39 is 0 Å². The number of halogens is 1. The van der Waals surface area contributed by atoms with E-state index >= 15 is 0 Å². The summed E-state index contributed by atoms with van der Waals surface area (Å²) in [5.74, 6) is 1.46. The molecule has 114 valence electrons. The first kappa shape index (κ1) is 14.9. The van der Waals surface area contributed by atoms with E-state index in [9.17, 15) is 9.18 Å². The maximum Gasteiger partial charge on any atom is 0.220 e. The molecule has 2 N–H and O–H groups in total. The Morgan fingerprint density at radius 1 is 1.43 bits per heavy atom. The van der Waals surface area contributed by atoms with Crippen LogP contribution in [0.4, 0.5) is 4.39 Å². The van der Waals surface area contributed by atoms with Crippen LogP contribution in [0.15, 0.2) is 23.1 Å². The minimum absolute atomic E-state index is 0.0360. The largest absolute Gasteiger partial charge is 0.349 e. The highest BCUT2D eigenvalue weighted by atomic mass is 32.2. The van der Waals surface area contributed by atoms with Crippen molar-refractivity contribution in [1.82, 2.24) is 10.6 Å². The lowest BCUT2D eigenvalue weighted by Gasteiger charge is -2.26. The van der Waals surface area contributed by atoms with Crippen LogP contribution in [0.3, 0.4) is 0 Å². The molecular weight excluding hydrogens is 287 g/mol. The number of nitrogens with one attached hydrogen (secondary N) is 2. The summed E-state index contributed by atoms with van der Waals surface area (Å²) in [5.41, 5.74) is 0.933. The molecule has 2 atom stereocenters. The second kappa shape index (κ2) is 6.79. The minimum atomic E-state index is -0.229. The molecule has 5 heteroatoms. The third-order valence-corrected chi connectivity index (χ3v) is 5.41. The van der Waals surface area contributed by atoms with Gasteiger partial charge in [0, 0.05) is 17.1 Å². The minimum Gasteiger partial charge on any atom is -0.349 e. The summed E-state index contributed by atoms with van der Waals surface area (Å²) in [7, 11) is 0. The molecule has 0 radical (unpaired) electrons. The van der Waals surface area contributed by atoms with E-state index in [1.165, 1.54) is 12.5 Å². The zero-order chi connectivity index (χ0) is 14.7. The van der Waals surface area contributed by atoms with Crippen molar-refractivity contribution >= 4 is 17.7 Å². The van der Waals surface area contributed by atoms with Crippen LogP contribution in [-0.2, 0) is 4.79 Å². The molecule has 2 aliphatic heterocycles. The van der Waals surface area contributed by atoms with Crippen LogP contribution in [0.2, 0.25) is 0 Å². The normalized spacial score (nSPS) is 24.6. The van der Waals surface area contributed by atoms with E-state index in [1.54, 1.807) is 17.8 Å². The monoisotopic (exact) mass is 308 g/mol. The van der Waals surface area contributed by atoms with Gasteiger partial charge in [0.25, 0.3) is 0 Å². The van der Waals surface area contributed by atoms with Crippen molar-refractivity contribution in [3.8, 4) is 0 Å². The van der Waals surface area contributed by atoms with Gasteiger partial charge in [0.15, 0.2) is 0 Å². The smallest absolute Gasteiger partial charge is 0.220 e. The highest BCUT2D eigenvalue weighted by Crippen LogP contribution is 2.36. The van der Waals surface area contributed by atoms with E-state index in [1.807, 2.05) is 6.07 Å². The first-order valence-electron chi connectivity index (χ1n) is 7.64. The zero-order valence-electron chi connectivity index (χ0n) is 12.0. The van der Waals surface area contributed by atoms with Crippen molar-refractivity contribution in [3.63, 3.8) is 0 Å². The highest BCUT2D eigenvalue weighted by Gasteiger charge is 2.23. The van der Waals surface area contributed by atoms with Crippen molar-refractivity contribution < 1.29 is 9.18 Å². The van der Waals surface area contributed by atoms with Crippen LogP contribution in [0, 0.1) is 11.7 Å². The summed E-state index contributed by atoms with van der Waals surface area (Å²) in [6.45, 7) is 2.10. The van der Waals surface area contributed by atoms with Crippen molar-refractivity contribution in [1.29, 1.82) is 0 Å². The third-order valence-electron chi connectivity index (χ3n) is 4.29. The highest BCUT2D eigenvalue weighted by molar-refractivity contribution is 7.99. The van der Waals surface area contributed by atoms with Gasteiger partial charge in [-0.2, -0.15) is 0 Å². The average molecular weight is 308 g/mol. The standard InChI is InChI=1S/C16H21FN2OS/c17-12-2-3-15-13(9-12)14(6-8-21-15)19-16(20)4-1-11-5-7-18-10-11/h2-3,9,11,14,18H,1,4-8,10H2,(H,19,20). The Balaban J connectivity index is 1.57. The van der Waals surface area contributed by atoms with Gasteiger partial charge in [-0.05, 0) is 62.0 Å². The molecule has 1 saturated heterocycles. The molecule has 0 aromatic heterocycles. The van der Waals surface area contributed by atoms with Gasteiger partial charge in [-0.15, -0.1) is 11.8 Å². The molecule has 0 saturated carbocycles. The Labute approximate surface area is 129 Å². The molecule has 1 amide bonds. The molecule has 1 aromatic carbocycles. The van der Waals surface area contributed by atoms with Gasteiger partial charge in [-0.1, -0.05) is 0 Å². The third kappa shape index (κ3) is 3.77. The Hall–Kier alpha value is -1.07. The quantitative estimate of drug-likeness (QED) is 0.898. The van der Waals surface area contributed by atoms with E-state index in [-0.39, 0.29) is 17.8 Å². The number of carbonyl (C=O) groups is 1. The van der Waals surface area contributed by atoms with Gasteiger partial charge < -0.3 is 10.6 Å². The molecule has 1 fully saturated rings. The number of thioether (sulfide) groups is 1. The fraction of sp³-hybridized carbons (Fsp3) is 0.562. The van der Waals surface area contributed by atoms with Crippen LogP contribution in [0.1, 0.15) is 37.3 Å². The Morgan fingerprint density at radius 3 is 3.14 bits per heavy atom. The summed E-state index contributed by atoms with van der Waals surface area (Å²) in [6.07, 6.45) is 3.55. The lowest BCUT2D eigenvalue weighted by atomic mass is 10.0. The second-order valence-corrected chi connectivity index (χ2v) is 6.97. The van der Waals surface area contributed by atoms with Gasteiger partial charge >= 0.3 is 0 Å². The number of hydrogen-bond acceptors (Lipinski definition) is 3. The maximum absolute atomic E-state index is 13.4. The molecule has 2 unspecified atom stereocenters. The van der Waals surface area contributed by atoms with Crippen LogP contribution >= 0.6 is 11.8 Å². The molecule has 21 heavy (non-hydrogen) atoms. The number of fused-ring (bicyclic) bond motifs is 1. The van der Waals surface area contributed by atoms with E-state index in [0.717, 1.165) is 42.1 Å². The molecule has 2 aliphatic rings. The first-order chi connectivity index (χ1) is 10.2. The maximum atomic E-state index is 13.4. The lowest BCUT2D eigenvalue weighted by Crippen LogP contribution is -2.31. The van der Waals surface area contributed by atoms with Gasteiger partial charge in [0.05, 0.1) is 6.04 Å². The number of benzene rings is 1. The van der Waals surface area contributed by atoms with Crippen LogP contribution in [-0.4, -0.2) is 24.7 Å². The number of amides is 1. The predicted octanol–water partition coefficient (Wildman–Crippen LogP) is 2.87. The Bertz CT molecular complexity index is 517. The average Bonchev–Trinajstić information content (AvgIpc) is 2.99. The van der Waals surface area contributed by atoms with Crippen molar-refractivity contribution in [3.05, 3.63) is 29.6 Å². The van der Waals surface area contributed by atoms with E-state index in [2.05, 4.69) is 10.6 Å². The van der Waals surface area contributed by atoms with Gasteiger partial charge in [0.1, 0.15) is 5.82 Å². The van der Waals surface area contributed by atoms with Gasteiger partial charge in [-0.3, -0.25) is 4.79 Å². The van der Waals surface area contributed by atoms with Gasteiger partial charge in [-0.25, -0.2) is 4.39 Å². The van der Waals surface area contributed by atoms with Crippen molar-refractivity contribution in [2.75, 3.05) is 18.8 Å². The molecule has 0 spiro atoms. The Kier molecular flexibility index (Phi) is 4.80. The van der Waals surface area contributed by atoms with E-state index in [4.69, 9.17) is 0 Å². The topological polar surface area (TPSA) is 41.1 Å². The molecule has 3 rings (SSSR count). The molecule has 2 heterocycles. The number of carbonyl (C=O) groups excluding carboxylic acids is 1. The lowest BCUT2D eigenvalue weighted by molar-refractivity contribution is -0.122. The molecular formula is C16H21FN2OS. The number of hydrogen-bond donors (Lipinski definition) is 2.